The Labute approximate surface area is 321 Å². The molecule has 0 radical (unpaired) electrons. The van der Waals surface area contributed by atoms with Crippen LogP contribution in [-0.4, -0.2) is 59.6 Å². The third kappa shape index (κ3) is 7.34. The number of ether oxygens (including phenoxy) is 4. The molecule has 0 N–H and O–H groups in total. The van der Waals surface area contributed by atoms with Gasteiger partial charge in [0.15, 0.2) is 23.1 Å². The first kappa shape index (κ1) is 38.2. The van der Waals surface area contributed by atoms with E-state index in [1.54, 1.807) is 121 Å². The normalized spacial score (nSPS) is 11.1. The lowest BCUT2D eigenvalue weighted by Gasteiger charge is -2.36. The summed E-state index contributed by atoms with van der Waals surface area (Å²) < 4.78 is 22.2. The summed E-state index contributed by atoms with van der Waals surface area (Å²) in [5.41, 5.74) is 0.891. The summed E-state index contributed by atoms with van der Waals surface area (Å²) in [5.74, 6) is 0.231. The Balaban J connectivity index is 1.56. The van der Waals surface area contributed by atoms with Crippen molar-refractivity contribution in [1.29, 1.82) is 0 Å². The van der Waals surface area contributed by atoms with E-state index in [2.05, 4.69) is 0 Å². The predicted octanol–water partition coefficient (Wildman–Crippen LogP) is 7.51. The molecule has 0 aliphatic heterocycles. The topological polar surface area (TPSA) is 105 Å². The number of para-hydroxylation sites is 4. The number of benzene rings is 6. The molecule has 0 aliphatic carbocycles. The number of rotatable bonds is 15. The van der Waals surface area contributed by atoms with Crippen molar-refractivity contribution in [3.8, 4) is 23.0 Å². The molecule has 6 aromatic carbocycles. The SMILES string of the molecule is COc1ccccc1C(=O)c1ccc([Si](C)(c2ccc(C(=O)c3ccccc3OC)cc2)C(C(=O)c2ccccc2OC)C(=O)c2ccccc2OC)cc1. The lowest BCUT2D eigenvalue weighted by Crippen LogP contribution is -2.62. The zero-order chi connectivity index (χ0) is 39.1. The van der Waals surface area contributed by atoms with Crippen LogP contribution in [0.1, 0.15) is 52.6 Å². The molecule has 6 aromatic rings. The van der Waals surface area contributed by atoms with E-state index < -0.39 is 25.2 Å². The first-order chi connectivity index (χ1) is 26.7. The average molecular weight is 749 g/mol. The van der Waals surface area contributed by atoms with Crippen LogP contribution >= 0.6 is 0 Å². The van der Waals surface area contributed by atoms with Gasteiger partial charge in [-0.25, -0.2) is 0 Å². The molecule has 0 heterocycles. The van der Waals surface area contributed by atoms with Gasteiger partial charge in [0.25, 0.3) is 0 Å². The third-order valence-corrected chi connectivity index (χ3v) is 14.8. The van der Waals surface area contributed by atoms with Gasteiger partial charge in [-0.1, -0.05) is 114 Å². The summed E-state index contributed by atoms with van der Waals surface area (Å²) in [4.78, 5) is 57.8. The van der Waals surface area contributed by atoms with Crippen molar-refractivity contribution >= 4 is 41.6 Å². The molecular formula is C46H40O8Si. The molecule has 276 valence electrons. The van der Waals surface area contributed by atoms with E-state index in [0.717, 1.165) is 0 Å². The Hall–Kier alpha value is -6.58. The quantitative estimate of drug-likeness (QED) is 0.0604. The highest BCUT2D eigenvalue weighted by molar-refractivity contribution is 7.06. The molecular weight excluding hydrogens is 709 g/mol. The Morgan fingerprint density at radius 1 is 0.400 bits per heavy atom. The monoisotopic (exact) mass is 748 g/mol. The Morgan fingerprint density at radius 3 is 0.982 bits per heavy atom. The highest BCUT2D eigenvalue weighted by Gasteiger charge is 2.50. The largest absolute Gasteiger partial charge is 0.496 e. The van der Waals surface area contributed by atoms with Crippen LogP contribution in [0.25, 0.3) is 0 Å². The molecule has 0 bridgehead atoms. The number of carbonyl (C=O) groups excluding carboxylic acids is 4. The van der Waals surface area contributed by atoms with Gasteiger partial charge in [-0.2, -0.15) is 0 Å². The number of Topliss-reactive ketones (excluding diaryl/α,β-unsaturated/α-hetero) is 2. The van der Waals surface area contributed by atoms with Gasteiger partial charge in [-0.15, -0.1) is 0 Å². The van der Waals surface area contributed by atoms with Crippen LogP contribution in [0.3, 0.4) is 0 Å². The maximum atomic E-state index is 15.2. The fourth-order valence-corrected chi connectivity index (χ4v) is 11.1. The second-order valence-corrected chi connectivity index (χ2v) is 17.1. The standard InChI is InChI=1S/C46H40O8Si/c1-51-38-18-10-6-14-34(38)42(47)30-22-26-32(27-23-30)55(5,33-28-24-31(25-29-33)43(48)35-15-7-11-19-39(35)52-2)46(44(49)36-16-8-12-20-40(36)53-3)45(50)37-17-9-13-21-41(37)54-4/h6-29,46H,1-5H3. The van der Waals surface area contributed by atoms with E-state index in [1.807, 2.05) is 30.8 Å². The molecule has 0 saturated heterocycles. The van der Waals surface area contributed by atoms with Crippen LogP contribution in [0, 0.1) is 0 Å². The molecule has 6 rings (SSSR count). The second-order valence-electron chi connectivity index (χ2n) is 13.0. The summed E-state index contributed by atoms with van der Waals surface area (Å²) in [6, 6.07) is 41.8. The predicted molar refractivity (Wildman–Crippen MR) is 215 cm³/mol. The van der Waals surface area contributed by atoms with Crippen LogP contribution in [0.15, 0.2) is 146 Å². The summed E-state index contributed by atoms with van der Waals surface area (Å²) in [5, 5.41) is 1.42. The number of carbonyl (C=O) groups is 4. The van der Waals surface area contributed by atoms with Gasteiger partial charge in [0.1, 0.15) is 31.1 Å². The van der Waals surface area contributed by atoms with E-state index in [9.17, 15) is 9.59 Å². The van der Waals surface area contributed by atoms with E-state index in [0.29, 0.717) is 55.6 Å². The lowest BCUT2D eigenvalue weighted by molar-refractivity contribution is 0.0886. The fourth-order valence-electron chi connectivity index (χ4n) is 7.06. The highest BCUT2D eigenvalue weighted by Crippen LogP contribution is 2.36. The van der Waals surface area contributed by atoms with Crippen LogP contribution < -0.4 is 29.3 Å². The second kappa shape index (κ2) is 16.6. The first-order valence-electron chi connectivity index (χ1n) is 17.6. The van der Waals surface area contributed by atoms with Crippen LogP contribution in [0.2, 0.25) is 12.1 Å². The number of methoxy groups -OCH3 is 4. The van der Waals surface area contributed by atoms with Crippen LogP contribution in [-0.2, 0) is 0 Å². The van der Waals surface area contributed by atoms with E-state index in [4.69, 9.17) is 18.9 Å². The summed E-state index contributed by atoms with van der Waals surface area (Å²) >= 11 is 0. The van der Waals surface area contributed by atoms with Crippen LogP contribution in [0.5, 0.6) is 23.0 Å². The first-order valence-corrected chi connectivity index (χ1v) is 20.2. The number of ketones is 4. The van der Waals surface area contributed by atoms with Crippen molar-refractivity contribution in [3.63, 3.8) is 0 Å². The zero-order valence-electron chi connectivity index (χ0n) is 31.2. The Bertz CT molecular complexity index is 2200. The Kier molecular flexibility index (Phi) is 11.5. The zero-order valence-corrected chi connectivity index (χ0v) is 32.2. The van der Waals surface area contributed by atoms with E-state index in [-0.39, 0.29) is 22.7 Å². The number of hydrogen-bond acceptors (Lipinski definition) is 8. The van der Waals surface area contributed by atoms with Crippen molar-refractivity contribution in [2.75, 3.05) is 28.4 Å². The van der Waals surface area contributed by atoms with Crippen molar-refractivity contribution in [2.45, 2.75) is 12.1 Å². The van der Waals surface area contributed by atoms with Crippen molar-refractivity contribution in [2.24, 2.45) is 0 Å². The van der Waals surface area contributed by atoms with Crippen molar-refractivity contribution in [3.05, 3.63) is 179 Å². The molecule has 0 aliphatic rings. The average Bonchev–Trinajstić information content (AvgIpc) is 3.25. The van der Waals surface area contributed by atoms with Crippen LogP contribution in [0.4, 0.5) is 0 Å². The van der Waals surface area contributed by atoms with E-state index in [1.165, 1.54) is 28.4 Å². The highest BCUT2D eigenvalue weighted by atomic mass is 28.3. The van der Waals surface area contributed by atoms with Gasteiger partial charge in [-0.05, 0) is 48.5 Å². The fraction of sp³-hybridized carbons (Fsp3) is 0.130. The minimum absolute atomic E-state index is 0.238. The molecule has 0 saturated carbocycles. The third-order valence-electron chi connectivity index (χ3n) is 10.0. The molecule has 0 aromatic heterocycles. The Morgan fingerprint density at radius 2 is 0.673 bits per heavy atom. The van der Waals surface area contributed by atoms with Gasteiger partial charge in [0, 0.05) is 11.1 Å². The summed E-state index contributed by atoms with van der Waals surface area (Å²) in [6.07, 6.45) is 0. The molecule has 0 atom stereocenters. The van der Waals surface area contributed by atoms with E-state index >= 15 is 9.59 Å². The molecule has 9 heteroatoms. The summed E-state index contributed by atoms with van der Waals surface area (Å²) in [6.45, 7) is 1.96. The smallest absolute Gasteiger partial charge is 0.196 e. The molecule has 0 spiro atoms. The van der Waals surface area contributed by atoms with Gasteiger partial charge >= 0.3 is 0 Å². The molecule has 55 heavy (non-hydrogen) atoms. The minimum atomic E-state index is -3.59. The maximum absolute atomic E-state index is 15.2. The van der Waals surface area contributed by atoms with Crippen molar-refractivity contribution < 1.29 is 38.1 Å². The molecule has 0 fully saturated rings. The maximum Gasteiger partial charge on any atom is 0.196 e. The summed E-state index contributed by atoms with van der Waals surface area (Å²) in [7, 11) is 2.40. The van der Waals surface area contributed by atoms with Gasteiger partial charge in [0.2, 0.25) is 0 Å². The lowest BCUT2D eigenvalue weighted by atomic mass is 9.99. The van der Waals surface area contributed by atoms with Gasteiger partial charge in [-0.3, -0.25) is 19.2 Å². The molecule has 8 nitrogen and oxygen atoms in total. The van der Waals surface area contributed by atoms with Crippen molar-refractivity contribution in [1.82, 2.24) is 0 Å². The number of hydrogen-bond donors (Lipinski definition) is 0. The minimum Gasteiger partial charge on any atom is -0.496 e. The molecule has 0 amide bonds. The molecule has 0 unspecified atom stereocenters. The van der Waals surface area contributed by atoms with Gasteiger partial charge < -0.3 is 18.9 Å². The van der Waals surface area contributed by atoms with Gasteiger partial charge in [0.05, 0.1) is 56.2 Å².